The monoisotopic (exact) mass is 404 g/mol. The molecule has 0 N–H and O–H groups in total. The molecule has 0 bridgehead atoms. The standard InChI is InChI=1S/C22H20N4O4/c1-28-18-6-7-19(29-2)16(9-18)12-26-13-17(10-20(26)27)21-24-22(30-25-21)15-5-3-4-14(8-15)11-23/h3-9,17H,10,12-13H2,1-2H3. The summed E-state index contributed by atoms with van der Waals surface area (Å²) >= 11 is 0. The Morgan fingerprint density at radius 2 is 2.10 bits per heavy atom. The van der Waals surface area contributed by atoms with Crippen LogP contribution in [0, 0.1) is 11.3 Å². The molecule has 0 aliphatic carbocycles. The minimum atomic E-state index is -0.161. The van der Waals surface area contributed by atoms with Crippen LogP contribution in [-0.2, 0) is 11.3 Å². The van der Waals surface area contributed by atoms with Crippen LogP contribution < -0.4 is 9.47 Å². The van der Waals surface area contributed by atoms with Crippen LogP contribution in [0.1, 0.15) is 29.3 Å². The summed E-state index contributed by atoms with van der Waals surface area (Å²) in [5.74, 6) is 2.08. The molecule has 1 atom stereocenters. The number of hydrogen-bond donors (Lipinski definition) is 0. The van der Waals surface area contributed by atoms with Gasteiger partial charge in [0.15, 0.2) is 5.82 Å². The second-order valence-corrected chi connectivity index (χ2v) is 7.00. The van der Waals surface area contributed by atoms with Crippen LogP contribution in [0.4, 0.5) is 0 Å². The van der Waals surface area contributed by atoms with Crippen molar-refractivity contribution in [1.29, 1.82) is 5.26 Å². The molecule has 2 aromatic carbocycles. The second-order valence-electron chi connectivity index (χ2n) is 7.00. The maximum Gasteiger partial charge on any atom is 0.257 e. The maximum absolute atomic E-state index is 12.6. The van der Waals surface area contributed by atoms with Crippen LogP contribution in [0.15, 0.2) is 47.0 Å². The highest BCUT2D eigenvalue weighted by Gasteiger charge is 2.34. The number of amides is 1. The number of carbonyl (C=O) groups is 1. The summed E-state index contributed by atoms with van der Waals surface area (Å²) in [6.45, 7) is 0.890. The Labute approximate surface area is 173 Å². The van der Waals surface area contributed by atoms with Crippen molar-refractivity contribution in [2.45, 2.75) is 18.9 Å². The number of carbonyl (C=O) groups excluding carboxylic acids is 1. The van der Waals surface area contributed by atoms with E-state index in [1.165, 1.54) is 0 Å². The van der Waals surface area contributed by atoms with Crippen LogP contribution in [0.5, 0.6) is 11.5 Å². The van der Waals surface area contributed by atoms with E-state index in [2.05, 4.69) is 16.2 Å². The third-order valence-electron chi connectivity index (χ3n) is 5.11. The molecular formula is C22H20N4O4. The lowest BCUT2D eigenvalue weighted by Gasteiger charge is -2.18. The Balaban J connectivity index is 1.51. The topological polar surface area (TPSA) is 101 Å². The molecule has 4 rings (SSSR count). The normalized spacial score (nSPS) is 15.8. The third kappa shape index (κ3) is 3.82. The van der Waals surface area contributed by atoms with E-state index < -0.39 is 0 Å². The van der Waals surface area contributed by atoms with Gasteiger partial charge in [0, 0.05) is 36.6 Å². The molecule has 1 aliphatic rings. The number of likely N-dealkylation sites (tertiary alicyclic amines) is 1. The molecule has 1 fully saturated rings. The van der Waals surface area contributed by atoms with Gasteiger partial charge >= 0.3 is 0 Å². The van der Waals surface area contributed by atoms with E-state index in [0.717, 1.165) is 5.56 Å². The number of rotatable bonds is 6. The first-order chi connectivity index (χ1) is 14.6. The SMILES string of the molecule is COc1ccc(OC)c(CN2CC(c3noc(-c4cccc(C#N)c4)n3)CC2=O)c1. The highest BCUT2D eigenvalue weighted by atomic mass is 16.5. The molecule has 0 saturated carbocycles. The Bertz CT molecular complexity index is 1120. The molecule has 2 heterocycles. The van der Waals surface area contributed by atoms with Gasteiger partial charge in [-0.25, -0.2) is 0 Å². The molecule has 1 amide bonds. The molecule has 0 spiro atoms. The van der Waals surface area contributed by atoms with Crippen molar-refractivity contribution >= 4 is 5.91 Å². The van der Waals surface area contributed by atoms with Crippen molar-refractivity contribution in [3.63, 3.8) is 0 Å². The van der Waals surface area contributed by atoms with Crippen molar-refractivity contribution in [2.24, 2.45) is 0 Å². The molecule has 0 radical (unpaired) electrons. The molecule has 1 aromatic heterocycles. The van der Waals surface area contributed by atoms with Crippen LogP contribution >= 0.6 is 0 Å². The van der Waals surface area contributed by atoms with Crippen molar-refractivity contribution in [1.82, 2.24) is 15.0 Å². The van der Waals surface area contributed by atoms with Crippen LogP contribution in [0.25, 0.3) is 11.5 Å². The zero-order chi connectivity index (χ0) is 21.1. The molecule has 30 heavy (non-hydrogen) atoms. The van der Waals surface area contributed by atoms with Crippen molar-refractivity contribution in [3.05, 3.63) is 59.4 Å². The average Bonchev–Trinajstić information content (AvgIpc) is 3.41. The van der Waals surface area contributed by atoms with Crippen molar-refractivity contribution < 1.29 is 18.8 Å². The summed E-state index contributed by atoms with van der Waals surface area (Å²) in [6.07, 6.45) is 0.309. The van der Waals surface area contributed by atoms with Gasteiger partial charge in [0.2, 0.25) is 5.91 Å². The van der Waals surface area contributed by atoms with Gasteiger partial charge in [-0.15, -0.1) is 0 Å². The van der Waals surface area contributed by atoms with E-state index in [4.69, 9.17) is 19.3 Å². The minimum absolute atomic E-state index is 0.0164. The van der Waals surface area contributed by atoms with Crippen molar-refractivity contribution in [2.75, 3.05) is 20.8 Å². The number of nitriles is 1. The van der Waals surface area contributed by atoms with Gasteiger partial charge in [0.25, 0.3) is 5.89 Å². The third-order valence-corrected chi connectivity index (χ3v) is 5.11. The van der Waals surface area contributed by atoms with Gasteiger partial charge < -0.3 is 18.9 Å². The molecule has 3 aromatic rings. The fourth-order valence-electron chi connectivity index (χ4n) is 3.55. The highest BCUT2D eigenvalue weighted by Crippen LogP contribution is 2.32. The summed E-state index contributed by atoms with van der Waals surface area (Å²) in [5, 5.41) is 13.1. The van der Waals surface area contributed by atoms with E-state index in [1.54, 1.807) is 43.4 Å². The van der Waals surface area contributed by atoms with E-state index in [0.29, 0.717) is 53.9 Å². The van der Waals surface area contributed by atoms with Gasteiger partial charge in [-0.05, 0) is 36.4 Å². The van der Waals surface area contributed by atoms with Gasteiger partial charge in [-0.1, -0.05) is 11.2 Å². The quantitative estimate of drug-likeness (QED) is 0.622. The van der Waals surface area contributed by atoms with E-state index >= 15 is 0 Å². The predicted octanol–water partition coefficient (Wildman–Crippen LogP) is 3.14. The van der Waals surface area contributed by atoms with E-state index in [-0.39, 0.29) is 11.8 Å². The van der Waals surface area contributed by atoms with Gasteiger partial charge in [0.1, 0.15) is 11.5 Å². The van der Waals surface area contributed by atoms with Crippen molar-refractivity contribution in [3.8, 4) is 29.0 Å². The summed E-state index contributed by atoms with van der Waals surface area (Å²) < 4.78 is 16.1. The zero-order valence-corrected chi connectivity index (χ0v) is 16.7. The number of benzene rings is 2. The smallest absolute Gasteiger partial charge is 0.257 e. The first kappa shape index (κ1) is 19.5. The van der Waals surface area contributed by atoms with Gasteiger partial charge in [-0.2, -0.15) is 10.2 Å². The first-order valence-corrected chi connectivity index (χ1v) is 9.44. The highest BCUT2D eigenvalue weighted by molar-refractivity contribution is 5.79. The number of ether oxygens (including phenoxy) is 2. The summed E-state index contributed by atoms with van der Waals surface area (Å²) in [7, 11) is 3.20. The number of methoxy groups -OCH3 is 2. The lowest BCUT2D eigenvalue weighted by atomic mass is 10.1. The molecule has 8 nitrogen and oxygen atoms in total. The zero-order valence-electron chi connectivity index (χ0n) is 16.7. The van der Waals surface area contributed by atoms with Gasteiger partial charge in [-0.3, -0.25) is 4.79 Å². The first-order valence-electron chi connectivity index (χ1n) is 9.44. The minimum Gasteiger partial charge on any atom is -0.497 e. The Kier molecular flexibility index (Phi) is 5.35. The number of nitrogens with zero attached hydrogens (tertiary/aromatic N) is 4. The van der Waals surface area contributed by atoms with E-state index in [1.807, 2.05) is 18.2 Å². The van der Waals surface area contributed by atoms with E-state index in [9.17, 15) is 4.79 Å². The molecule has 1 aliphatic heterocycles. The summed E-state index contributed by atoms with van der Waals surface area (Å²) in [4.78, 5) is 18.8. The van der Waals surface area contributed by atoms with Gasteiger partial charge in [0.05, 0.1) is 25.9 Å². The molecule has 8 heteroatoms. The number of hydrogen-bond acceptors (Lipinski definition) is 7. The molecule has 152 valence electrons. The summed E-state index contributed by atoms with van der Waals surface area (Å²) in [5.41, 5.74) is 2.06. The molecule has 1 unspecified atom stereocenters. The predicted molar refractivity (Wildman–Crippen MR) is 107 cm³/mol. The van der Waals surface area contributed by atoms with Crippen LogP contribution in [0.2, 0.25) is 0 Å². The van der Waals surface area contributed by atoms with Crippen LogP contribution in [-0.4, -0.2) is 41.7 Å². The second kappa shape index (κ2) is 8.25. The fourth-order valence-corrected chi connectivity index (χ4v) is 3.55. The lowest BCUT2D eigenvalue weighted by Crippen LogP contribution is -2.24. The molecule has 1 saturated heterocycles. The average molecular weight is 404 g/mol. The molecular weight excluding hydrogens is 384 g/mol. The maximum atomic E-state index is 12.6. The number of aromatic nitrogens is 2. The Hall–Kier alpha value is -3.86. The summed E-state index contributed by atoms with van der Waals surface area (Å²) in [6, 6.07) is 14.6. The Morgan fingerprint density at radius 1 is 1.23 bits per heavy atom. The largest absolute Gasteiger partial charge is 0.497 e. The fraction of sp³-hybridized carbons (Fsp3) is 0.273. The Morgan fingerprint density at radius 3 is 2.87 bits per heavy atom. The van der Waals surface area contributed by atoms with Crippen LogP contribution in [0.3, 0.4) is 0 Å². The lowest BCUT2D eigenvalue weighted by molar-refractivity contribution is -0.128.